The fourth-order valence-electron chi connectivity index (χ4n) is 2.38. The molecule has 0 fully saturated rings. The van der Waals surface area contributed by atoms with Crippen molar-refractivity contribution in [2.45, 2.75) is 38.4 Å². The molecule has 0 atom stereocenters. The molecule has 0 aliphatic rings. The second-order valence-corrected chi connectivity index (χ2v) is 6.75. The maximum atomic E-state index is 13.1. The number of hydrogen-bond acceptors (Lipinski definition) is 4. The number of amides is 1. The summed E-state index contributed by atoms with van der Waals surface area (Å²) in [6, 6.07) is 5.69. The number of carbonyl (C=O) groups excluding carboxylic acids is 1. The number of halogens is 1. The predicted octanol–water partition coefficient (Wildman–Crippen LogP) is 3.16. The van der Waals surface area contributed by atoms with Crippen LogP contribution in [-0.4, -0.2) is 33.5 Å². The first kappa shape index (κ1) is 18.4. The lowest BCUT2D eigenvalue weighted by Crippen LogP contribution is -2.25. The van der Waals surface area contributed by atoms with Crippen LogP contribution in [0.4, 0.5) is 4.39 Å². The SMILES string of the molecule is CSc1nnc(CCCNC(=O)c2cccc(F)c2)n1CC(C)C. The number of nitrogens with one attached hydrogen (secondary N) is 1. The zero-order valence-electron chi connectivity index (χ0n) is 14.3. The Morgan fingerprint density at radius 1 is 1.38 bits per heavy atom. The van der Waals surface area contributed by atoms with E-state index in [1.54, 1.807) is 17.8 Å². The number of carbonyl (C=O) groups is 1. The Kier molecular flexibility index (Phi) is 6.78. The van der Waals surface area contributed by atoms with E-state index in [9.17, 15) is 9.18 Å². The maximum absolute atomic E-state index is 13.1. The summed E-state index contributed by atoms with van der Waals surface area (Å²) >= 11 is 1.59. The van der Waals surface area contributed by atoms with Gasteiger partial charge in [-0.3, -0.25) is 4.79 Å². The number of benzene rings is 1. The van der Waals surface area contributed by atoms with Gasteiger partial charge in [0.05, 0.1) is 0 Å². The lowest BCUT2D eigenvalue weighted by molar-refractivity contribution is 0.0952. The smallest absolute Gasteiger partial charge is 0.251 e. The Morgan fingerprint density at radius 3 is 2.83 bits per heavy atom. The Labute approximate surface area is 146 Å². The molecule has 130 valence electrons. The molecule has 1 N–H and O–H groups in total. The van der Waals surface area contributed by atoms with Gasteiger partial charge in [0.25, 0.3) is 5.91 Å². The van der Waals surface area contributed by atoms with Gasteiger partial charge in [0.2, 0.25) is 0 Å². The van der Waals surface area contributed by atoms with E-state index in [-0.39, 0.29) is 5.91 Å². The van der Waals surface area contributed by atoms with Gasteiger partial charge in [0.1, 0.15) is 11.6 Å². The van der Waals surface area contributed by atoms with Gasteiger partial charge in [0.15, 0.2) is 5.16 Å². The molecule has 0 radical (unpaired) electrons. The van der Waals surface area contributed by atoms with Gasteiger partial charge in [-0.25, -0.2) is 4.39 Å². The Balaban J connectivity index is 1.86. The summed E-state index contributed by atoms with van der Waals surface area (Å²) in [5.41, 5.74) is 0.336. The van der Waals surface area contributed by atoms with Crippen molar-refractivity contribution in [2.24, 2.45) is 5.92 Å². The summed E-state index contributed by atoms with van der Waals surface area (Å²) in [4.78, 5) is 12.0. The molecule has 5 nitrogen and oxygen atoms in total. The van der Waals surface area contributed by atoms with Crippen LogP contribution in [0, 0.1) is 11.7 Å². The summed E-state index contributed by atoms with van der Waals surface area (Å²) in [7, 11) is 0. The molecule has 24 heavy (non-hydrogen) atoms. The largest absolute Gasteiger partial charge is 0.352 e. The van der Waals surface area contributed by atoms with E-state index in [1.165, 1.54) is 18.2 Å². The normalized spacial score (nSPS) is 11.0. The number of aromatic nitrogens is 3. The van der Waals surface area contributed by atoms with E-state index in [2.05, 4.69) is 33.9 Å². The highest BCUT2D eigenvalue weighted by Gasteiger charge is 2.12. The first-order valence-corrected chi connectivity index (χ1v) is 9.23. The second kappa shape index (κ2) is 8.82. The number of nitrogens with zero attached hydrogens (tertiary/aromatic N) is 3. The Hall–Kier alpha value is -1.89. The van der Waals surface area contributed by atoms with Crippen LogP contribution in [0.25, 0.3) is 0 Å². The lowest BCUT2D eigenvalue weighted by atomic mass is 10.2. The quantitative estimate of drug-likeness (QED) is 0.587. The molecule has 0 bridgehead atoms. The van der Waals surface area contributed by atoms with Gasteiger partial charge in [-0.15, -0.1) is 10.2 Å². The van der Waals surface area contributed by atoms with Crippen molar-refractivity contribution in [3.8, 4) is 0 Å². The minimum absolute atomic E-state index is 0.261. The van der Waals surface area contributed by atoms with E-state index >= 15 is 0 Å². The highest BCUT2D eigenvalue weighted by atomic mass is 32.2. The van der Waals surface area contributed by atoms with Crippen molar-refractivity contribution in [3.63, 3.8) is 0 Å². The van der Waals surface area contributed by atoms with Crippen LogP contribution in [0.1, 0.15) is 36.5 Å². The number of aryl methyl sites for hydroxylation is 1. The van der Waals surface area contributed by atoms with E-state index in [1.807, 2.05) is 6.26 Å². The lowest BCUT2D eigenvalue weighted by Gasteiger charge is -2.11. The molecule has 2 rings (SSSR count). The predicted molar refractivity (Wildman–Crippen MR) is 93.7 cm³/mol. The van der Waals surface area contributed by atoms with E-state index in [0.717, 1.165) is 30.4 Å². The Morgan fingerprint density at radius 2 is 2.17 bits per heavy atom. The zero-order valence-corrected chi connectivity index (χ0v) is 15.1. The van der Waals surface area contributed by atoms with Crippen molar-refractivity contribution in [1.82, 2.24) is 20.1 Å². The summed E-state index contributed by atoms with van der Waals surface area (Å²) < 4.78 is 15.3. The fourth-order valence-corrected chi connectivity index (χ4v) is 2.91. The topological polar surface area (TPSA) is 59.8 Å². The minimum Gasteiger partial charge on any atom is -0.352 e. The minimum atomic E-state index is -0.408. The van der Waals surface area contributed by atoms with Crippen molar-refractivity contribution in [2.75, 3.05) is 12.8 Å². The average Bonchev–Trinajstić information content (AvgIpc) is 2.92. The monoisotopic (exact) mass is 350 g/mol. The number of thioether (sulfide) groups is 1. The average molecular weight is 350 g/mol. The van der Waals surface area contributed by atoms with Gasteiger partial charge in [-0.2, -0.15) is 0 Å². The summed E-state index contributed by atoms with van der Waals surface area (Å²) in [5, 5.41) is 12.2. The molecular weight excluding hydrogens is 327 g/mol. The first-order valence-electron chi connectivity index (χ1n) is 8.01. The van der Waals surface area contributed by atoms with Crippen LogP contribution >= 0.6 is 11.8 Å². The summed E-state index contributed by atoms with van der Waals surface area (Å²) in [6.45, 7) is 5.72. The molecule has 2 aromatic rings. The third kappa shape index (κ3) is 5.06. The highest BCUT2D eigenvalue weighted by Crippen LogP contribution is 2.16. The maximum Gasteiger partial charge on any atom is 0.251 e. The van der Waals surface area contributed by atoms with Crippen molar-refractivity contribution in [1.29, 1.82) is 0 Å². The van der Waals surface area contributed by atoms with Crippen molar-refractivity contribution in [3.05, 3.63) is 41.5 Å². The van der Waals surface area contributed by atoms with Gasteiger partial charge in [-0.1, -0.05) is 31.7 Å². The van der Waals surface area contributed by atoms with Crippen LogP contribution in [-0.2, 0) is 13.0 Å². The van der Waals surface area contributed by atoms with Gasteiger partial charge >= 0.3 is 0 Å². The molecule has 0 saturated heterocycles. The molecular formula is C17H23FN4OS. The molecule has 0 aliphatic heterocycles. The molecule has 0 aliphatic carbocycles. The highest BCUT2D eigenvalue weighted by molar-refractivity contribution is 7.98. The standard InChI is InChI=1S/C17H23FN4OS/c1-12(2)11-22-15(20-21-17(22)24-3)8-5-9-19-16(23)13-6-4-7-14(18)10-13/h4,6-7,10,12H,5,8-9,11H2,1-3H3,(H,19,23). The summed E-state index contributed by atoms with van der Waals surface area (Å²) in [5.74, 6) is 0.781. The van der Waals surface area contributed by atoms with Crippen LogP contribution < -0.4 is 5.32 Å². The fraction of sp³-hybridized carbons (Fsp3) is 0.471. The molecule has 1 aromatic heterocycles. The zero-order chi connectivity index (χ0) is 17.5. The van der Waals surface area contributed by atoms with Gasteiger partial charge in [0, 0.05) is 25.1 Å². The molecule has 0 unspecified atom stereocenters. The number of rotatable bonds is 8. The van der Waals surface area contributed by atoms with E-state index < -0.39 is 5.82 Å². The third-order valence-corrected chi connectivity index (χ3v) is 4.14. The first-order chi connectivity index (χ1) is 11.5. The van der Waals surface area contributed by atoms with Crippen LogP contribution in [0.15, 0.2) is 29.4 Å². The van der Waals surface area contributed by atoms with E-state index in [4.69, 9.17) is 0 Å². The molecule has 1 heterocycles. The van der Waals surface area contributed by atoms with Crippen LogP contribution in [0.3, 0.4) is 0 Å². The van der Waals surface area contributed by atoms with Gasteiger partial charge < -0.3 is 9.88 Å². The molecule has 1 aromatic carbocycles. The number of hydrogen-bond donors (Lipinski definition) is 1. The van der Waals surface area contributed by atoms with Gasteiger partial charge in [-0.05, 0) is 36.8 Å². The Bertz CT molecular complexity index is 687. The van der Waals surface area contributed by atoms with Crippen molar-refractivity contribution >= 4 is 17.7 Å². The van der Waals surface area contributed by atoms with Crippen molar-refractivity contribution < 1.29 is 9.18 Å². The van der Waals surface area contributed by atoms with Crippen LogP contribution in [0.2, 0.25) is 0 Å². The molecule has 7 heteroatoms. The van der Waals surface area contributed by atoms with Crippen LogP contribution in [0.5, 0.6) is 0 Å². The summed E-state index contributed by atoms with van der Waals surface area (Å²) in [6.07, 6.45) is 3.49. The molecule has 0 spiro atoms. The second-order valence-electron chi connectivity index (χ2n) is 5.98. The molecule has 0 saturated carbocycles. The van der Waals surface area contributed by atoms with E-state index in [0.29, 0.717) is 18.0 Å². The molecule has 1 amide bonds. The third-order valence-electron chi connectivity index (χ3n) is 3.47.